The second kappa shape index (κ2) is 4.59. The Kier molecular flexibility index (Phi) is 3.92. The van der Waals surface area contributed by atoms with Gasteiger partial charge in [-0.1, -0.05) is 13.8 Å². The molecule has 2 N–H and O–H groups in total. The number of hydrogen-bond donors (Lipinski definition) is 2. The second-order valence-corrected chi connectivity index (χ2v) is 6.18. The molecule has 14 heavy (non-hydrogen) atoms. The summed E-state index contributed by atoms with van der Waals surface area (Å²) in [6, 6.07) is 0.00222. The maximum Gasteiger partial charge on any atom is 0.227 e. The summed E-state index contributed by atoms with van der Waals surface area (Å²) in [5.74, 6) is 0.325. The number of hydrogen-bond acceptors (Lipinski definition) is 3. The van der Waals surface area contributed by atoms with Gasteiger partial charge in [-0.2, -0.15) is 0 Å². The highest BCUT2D eigenvalue weighted by atomic mass is 32.2. The Morgan fingerprint density at radius 1 is 1.36 bits per heavy atom. The molecule has 0 bridgehead atoms. The maximum absolute atomic E-state index is 11.8. The van der Waals surface area contributed by atoms with Gasteiger partial charge in [0.15, 0.2) is 0 Å². The standard InChI is InChI=1S/C9H20N2O2S/c1-7(2)8(3)11-14(12,13)9-5-4-6-10-9/h7-11H,4-6H2,1-3H3/t8-,9+/m1/s1. The van der Waals surface area contributed by atoms with Crippen LogP contribution in [0, 0.1) is 5.92 Å². The van der Waals surface area contributed by atoms with Crippen LogP contribution in [-0.4, -0.2) is 26.4 Å². The molecule has 5 heteroatoms. The Morgan fingerprint density at radius 2 is 2.00 bits per heavy atom. The third-order valence-corrected chi connectivity index (χ3v) is 4.59. The summed E-state index contributed by atoms with van der Waals surface area (Å²) in [5, 5.41) is 2.61. The largest absolute Gasteiger partial charge is 0.300 e. The monoisotopic (exact) mass is 220 g/mol. The van der Waals surface area contributed by atoms with Gasteiger partial charge in [0.2, 0.25) is 10.0 Å². The Hall–Kier alpha value is -0.130. The summed E-state index contributed by atoms with van der Waals surface area (Å²) in [6.07, 6.45) is 1.67. The molecule has 0 radical (unpaired) electrons. The van der Waals surface area contributed by atoms with Crippen LogP contribution in [0.5, 0.6) is 0 Å². The molecule has 4 nitrogen and oxygen atoms in total. The lowest BCUT2D eigenvalue weighted by Crippen LogP contribution is -2.45. The van der Waals surface area contributed by atoms with E-state index in [1.807, 2.05) is 20.8 Å². The van der Waals surface area contributed by atoms with Crippen molar-refractivity contribution < 1.29 is 8.42 Å². The maximum atomic E-state index is 11.8. The van der Waals surface area contributed by atoms with Crippen LogP contribution in [-0.2, 0) is 10.0 Å². The zero-order valence-electron chi connectivity index (χ0n) is 9.08. The van der Waals surface area contributed by atoms with Crippen molar-refractivity contribution >= 4 is 10.0 Å². The molecule has 0 saturated carbocycles. The van der Waals surface area contributed by atoms with Gasteiger partial charge >= 0.3 is 0 Å². The van der Waals surface area contributed by atoms with Gasteiger partial charge in [0.05, 0.1) is 0 Å². The highest BCUT2D eigenvalue weighted by Crippen LogP contribution is 2.12. The van der Waals surface area contributed by atoms with Crippen LogP contribution in [0.25, 0.3) is 0 Å². The predicted octanol–water partition coefficient (Wildman–Crippen LogP) is 0.660. The SMILES string of the molecule is CC(C)[C@@H](C)NS(=O)(=O)[C@H]1CCCN1. The zero-order valence-corrected chi connectivity index (χ0v) is 9.89. The zero-order chi connectivity index (χ0) is 10.8. The van der Waals surface area contributed by atoms with Crippen molar-refractivity contribution in [2.75, 3.05) is 6.54 Å². The van der Waals surface area contributed by atoms with Crippen LogP contribution >= 0.6 is 0 Å². The molecule has 1 aliphatic rings. The minimum atomic E-state index is -3.17. The fraction of sp³-hybridized carbons (Fsp3) is 1.00. The Balaban J connectivity index is 2.57. The van der Waals surface area contributed by atoms with Crippen LogP contribution < -0.4 is 10.0 Å². The van der Waals surface area contributed by atoms with Crippen molar-refractivity contribution in [2.45, 2.75) is 45.0 Å². The van der Waals surface area contributed by atoms with Crippen molar-refractivity contribution in [1.29, 1.82) is 0 Å². The van der Waals surface area contributed by atoms with E-state index in [0.717, 1.165) is 19.4 Å². The molecule has 1 saturated heterocycles. The van der Waals surface area contributed by atoms with E-state index in [1.54, 1.807) is 0 Å². The van der Waals surface area contributed by atoms with Gasteiger partial charge in [0.25, 0.3) is 0 Å². The molecule has 0 aromatic rings. The van der Waals surface area contributed by atoms with Crippen LogP contribution in [0.4, 0.5) is 0 Å². The fourth-order valence-corrected chi connectivity index (χ4v) is 3.16. The molecule has 0 amide bonds. The molecule has 0 spiro atoms. The first-order valence-electron chi connectivity index (χ1n) is 5.18. The number of rotatable bonds is 4. The quantitative estimate of drug-likeness (QED) is 0.732. The normalized spacial score (nSPS) is 25.6. The second-order valence-electron chi connectivity index (χ2n) is 4.28. The summed E-state index contributed by atoms with van der Waals surface area (Å²) < 4.78 is 26.3. The van der Waals surface area contributed by atoms with Gasteiger partial charge in [0.1, 0.15) is 5.37 Å². The van der Waals surface area contributed by atoms with Crippen molar-refractivity contribution in [3.63, 3.8) is 0 Å². The molecule has 1 fully saturated rings. The van der Waals surface area contributed by atoms with Gasteiger partial charge in [-0.25, -0.2) is 13.1 Å². The third-order valence-electron chi connectivity index (χ3n) is 2.74. The topological polar surface area (TPSA) is 58.2 Å². The molecule has 0 aromatic carbocycles. The first kappa shape index (κ1) is 11.9. The Bertz CT molecular complexity index is 269. The lowest BCUT2D eigenvalue weighted by Gasteiger charge is -2.20. The van der Waals surface area contributed by atoms with Gasteiger partial charge in [-0.15, -0.1) is 0 Å². The molecule has 0 aromatic heterocycles. The highest BCUT2D eigenvalue weighted by molar-refractivity contribution is 7.90. The Labute approximate surface area is 86.5 Å². The van der Waals surface area contributed by atoms with E-state index in [9.17, 15) is 8.42 Å². The fourth-order valence-electron chi connectivity index (χ4n) is 1.39. The van der Waals surface area contributed by atoms with Crippen LogP contribution in [0.1, 0.15) is 33.6 Å². The van der Waals surface area contributed by atoms with E-state index in [1.165, 1.54) is 0 Å². The average molecular weight is 220 g/mol. The van der Waals surface area contributed by atoms with Crippen LogP contribution in [0.3, 0.4) is 0 Å². The summed E-state index contributed by atoms with van der Waals surface area (Å²) in [7, 11) is -3.17. The van der Waals surface area contributed by atoms with Gasteiger partial charge in [-0.05, 0) is 32.2 Å². The minimum absolute atomic E-state index is 0.00222. The van der Waals surface area contributed by atoms with E-state index in [4.69, 9.17) is 0 Å². The smallest absolute Gasteiger partial charge is 0.227 e. The van der Waals surface area contributed by atoms with Crippen molar-refractivity contribution in [1.82, 2.24) is 10.0 Å². The molecule has 84 valence electrons. The molecule has 1 rings (SSSR count). The van der Waals surface area contributed by atoms with E-state index in [0.29, 0.717) is 5.92 Å². The van der Waals surface area contributed by atoms with Crippen molar-refractivity contribution in [2.24, 2.45) is 5.92 Å². The van der Waals surface area contributed by atoms with Crippen molar-refractivity contribution in [3.8, 4) is 0 Å². The van der Waals surface area contributed by atoms with Gasteiger partial charge in [0, 0.05) is 6.04 Å². The van der Waals surface area contributed by atoms with E-state index < -0.39 is 10.0 Å². The first-order chi connectivity index (χ1) is 6.43. The number of nitrogens with one attached hydrogen (secondary N) is 2. The lowest BCUT2D eigenvalue weighted by molar-refractivity contribution is 0.469. The summed E-state index contributed by atoms with van der Waals surface area (Å²) in [5.41, 5.74) is 0. The van der Waals surface area contributed by atoms with E-state index >= 15 is 0 Å². The molecule has 2 atom stereocenters. The molecule has 1 aliphatic heterocycles. The average Bonchev–Trinajstić information content (AvgIpc) is 2.54. The highest BCUT2D eigenvalue weighted by Gasteiger charge is 2.29. The molecular weight excluding hydrogens is 200 g/mol. The summed E-state index contributed by atoms with van der Waals surface area (Å²) in [4.78, 5) is 0. The minimum Gasteiger partial charge on any atom is -0.300 e. The summed E-state index contributed by atoms with van der Waals surface area (Å²) >= 11 is 0. The van der Waals surface area contributed by atoms with E-state index in [-0.39, 0.29) is 11.4 Å². The lowest BCUT2D eigenvalue weighted by atomic mass is 10.1. The van der Waals surface area contributed by atoms with Gasteiger partial charge in [-0.3, -0.25) is 0 Å². The molecular formula is C9H20N2O2S. The molecule has 0 aliphatic carbocycles. The molecule has 0 unspecified atom stereocenters. The molecule has 1 heterocycles. The first-order valence-corrected chi connectivity index (χ1v) is 6.72. The summed E-state index contributed by atoms with van der Waals surface area (Å²) in [6.45, 7) is 6.73. The number of sulfonamides is 1. The van der Waals surface area contributed by atoms with Crippen LogP contribution in [0.2, 0.25) is 0 Å². The third kappa shape index (κ3) is 2.93. The predicted molar refractivity (Wildman–Crippen MR) is 57.4 cm³/mol. The van der Waals surface area contributed by atoms with Crippen molar-refractivity contribution in [3.05, 3.63) is 0 Å². The Morgan fingerprint density at radius 3 is 2.43 bits per heavy atom. The van der Waals surface area contributed by atoms with E-state index in [2.05, 4.69) is 10.0 Å². The van der Waals surface area contributed by atoms with Crippen LogP contribution in [0.15, 0.2) is 0 Å². The van der Waals surface area contributed by atoms with Gasteiger partial charge < -0.3 is 5.32 Å².